The number of hydrogen-bond donors (Lipinski definition) is 5. The average Bonchev–Trinajstić information content (AvgIpc) is 3.62. The Hall–Kier alpha value is -4.26. The number of fused-ring (bicyclic) bond motifs is 2. The van der Waals surface area contributed by atoms with Gasteiger partial charge in [0, 0.05) is 11.9 Å². The maximum absolute atomic E-state index is 13.5. The van der Waals surface area contributed by atoms with Gasteiger partial charge in [-0.1, -0.05) is 12.1 Å². The van der Waals surface area contributed by atoms with E-state index in [0.29, 0.717) is 23.4 Å². The zero-order valence-corrected chi connectivity index (χ0v) is 19.1. The average molecular weight is 499 g/mol. The number of aromatic hydroxyl groups is 1. The molecule has 5 rings (SSSR count). The Bertz CT molecular complexity index is 1580. The van der Waals surface area contributed by atoms with Gasteiger partial charge in [-0.25, -0.2) is 4.68 Å². The molecule has 1 amide bonds. The van der Waals surface area contributed by atoms with Crippen LogP contribution in [0, 0.1) is 5.92 Å². The number of hydrogen-bond acceptors (Lipinski definition) is 9. The number of nitrogens with one attached hydrogen (secondary N) is 2. The fraction of sp³-hybridized carbons (Fsp3) is 0.227. The number of carbonyl (C=O) groups excluding carboxylic acids is 1. The van der Waals surface area contributed by atoms with E-state index in [1.165, 1.54) is 16.8 Å². The lowest BCUT2D eigenvalue weighted by atomic mass is 10.1. The number of aromatic nitrogens is 1. The molecule has 1 fully saturated rings. The SMILES string of the molecule is NC(=O)COc1ccc2c(c1N)S(=O)(=O)N=C(c1c(O)c3ccccc3n(NCC3CC3)c1=O)N2. The van der Waals surface area contributed by atoms with Gasteiger partial charge in [0.2, 0.25) is 0 Å². The summed E-state index contributed by atoms with van der Waals surface area (Å²) in [5.74, 6) is -1.13. The number of rotatable bonds is 7. The second-order valence-corrected chi connectivity index (χ2v) is 9.88. The summed E-state index contributed by atoms with van der Waals surface area (Å²) in [6.45, 7) is 0.0586. The van der Waals surface area contributed by atoms with Crippen molar-refractivity contribution in [2.45, 2.75) is 17.7 Å². The van der Waals surface area contributed by atoms with Crippen molar-refractivity contribution >= 4 is 44.0 Å². The van der Waals surface area contributed by atoms with Crippen LogP contribution in [0.2, 0.25) is 0 Å². The molecule has 0 radical (unpaired) electrons. The zero-order chi connectivity index (χ0) is 24.9. The molecule has 7 N–H and O–H groups in total. The molecule has 3 aromatic rings. The molecule has 0 unspecified atom stereocenters. The standard InChI is InChI=1S/C22H22N6O6S/c23-16(29)10-34-15-8-7-13-20(18(15)24)35(32,33)27-21(26-13)17-19(30)12-3-1-2-4-14(12)28(22(17)31)25-9-11-5-6-11/h1-4,7-8,11,25,30H,5-6,9-10,24H2,(H2,23,29)(H,26,27). The maximum atomic E-state index is 13.5. The summed E-state index contributed by atoms with van der Waals surface area (Å²) < 4.78 is 36.4. The number of nitrogens with two attached hydrogens (primary N) is 2. The second kappa shape index (κ2) is 8.20. The van der Waals surface area contributed by atoms with Gasteiger partial charge in [0.05, 0.1) is 16.9 Å². The van der Waals surface area contributed by atoms with E-state index in [1.807, 2.05) is 0 Å². The number of nitrogen functional groups attached to an aromatic ring is 1. The lowest BCUT2D eigenvalue weighted by Crippen LogP contribution is -2.37. The number of ether oxygens (including phenoxy) is 1. The summed E-state index contributed by atoms with van der Waals surface area (Å²) in [5, 5.41) is 14.1. The molecule has 0 bridgehead atoms. The quantitative estimate of drug-likeness (QED) is 0.291. The first-order chi connectivity index (χ1) is 16.7. The van der Waals surface area contributed by atoms with Gasteiger partial charge < -0.3 is 32.1 Å². The smallest absolute Gasteiger partial charge is 0.288 e. The van der Waals surface area contributed by atoms with E-state index >= 15 is 0 Å². The third-order valence-corrected chi connectivity index (χ3v) is 7.15. The Labute approximate surface area is 199 Å². The summed E-state index contributed by atoms with van der Waals surface area (Å²) in [6, 6.07) is 9.44. The molecule has 0 saturated heterocycles. The Morgan fingerprint density at radius 3 is 2.71 bits per heavy atom. The molecular formula is C22H22N6O6S. The number of amides is 1. The largest absolute Gasteiger partial charge is 0.506 e. The van der Waals surface area contributed by atoms with Crippen molar-refractivity contribution in [1.82, 2.24) is 4.68 Å². The van der Waals surface area contributed by atoms with Crippen LogP contribution in [0.3, 0.4) is 0 Å². The summed E-state index contributed by atoms with van der Waals surface area (Å²) in [5.41, 5.74) is 13.4. The first-order valence-corrected chi connectivity index (χ1v) is 12.2. The van der Waals surface area contributed by atoms with E-state index in [2.05, 4.69) is 15.1 Å². The number of primary amides is 1. The number of carbonyl (C=O) groups is 1. The predicted octanol–water partition coefficient (Wildman–Crippen LogP) is 0.668. The summed E-state index contributed by atoms with van der Waals surface area (Å²) in [7, 11) is -4.42. The zero-order valence-electron chi connectivity index (χ0n) is 18.3. The van der Waals surface area contributed by atoms with Crippen LogP contribution in [0.5, 0.6) is 11.5 Å². The molecule has 1 aliphatic heterocycles. The molecule has 0 atom stereocenters. The number of benzene rings is 2. The van der Waals surface area contributed by atoms with Crippen molar-refractivity contribution in [2.75, 3.05) is 29.6 Å². The third kappa shape index (κ3) is 3.99. The van der Waals surface area contributed by atoms with Crippen molar-refractivity contribution in [3.8, 4) is 11.5 Å². The predicted molar refractivity (Wildman–Crippen MR) is 130 cm³/mol. The number of para-hydroxylation sites is 1. The first-order valence-electron chi connectivity index (χ1n) is 10.7. The monoisotopic (exact) mass is 498 g/mol. The number of nitrogens with zero attached hydrogens (tertiary/aromatic N) is 2. The van der Waals surface area contributed by atoms with Crippen LogP contribution < -0.4 is 32.5 Å². The third-order valence-electron chi connectivity index (χ3n) is 5.77. The van der Waals surface area contributed by atoms with Gasteiger partial charge in [0.1, 0.15) is 22.0 Å². The lowest BCUT2D eigenvalue weighted by Gasteiger charge is -2.22. The highest BCUT2D eigenvalue weighted by atomic mass is 32.2. The summed E-state index contributed by atoms with van der Waals surface area (Å²) >= 11 is 0. The first kappa shape index (κ1) is 22.5. The van der Waals surface area contributed by atoms with Crippen LogP contribution in [0.1, 0.15) is 18.4 Å². The Balaban J connectivity index is 1.64. The van der Waals surface area contributed by atoms with Gasteiger partial charge in [-0.15, -0.1) is 4.40 Å². The normalized spacial score (nSPS) is 16.2. The molecule has 1 aromatic heterocycles. The fourth-order valence-corrected chi connectivity index (χ4v) is 5.14. The summed E-state index contributed by atoms with van der Waals surface area (Å²) in [4.78, 5) is 24.1. The van der Waals surface area contributed by atoms with Crippen LogP contribution in [0.25, 0.3) is 10.9 Å². The molecule has 1 aliphatic carbocycles. The highest BCUT2D eigenvalue weighted by Crippen LogP contribution is 2.39. The summed E-state index contributed by atoms with van der Waals surface area (Å²) in [6.07, 6.45) is 2.11. The van der Waals surface area contributed by atoms with Gasteiger partial charge in [-0.2, -0.15) is 8.42 Å². The minimum absolute atomic E-state index is 0.0309. The molecule has 35 heavy (non-hydrogen) atoms. The van der Waals surface area contributed by atoms with Crippen LogP contribution >= 0.6 is 0 Å². The minimum Gasteiger partial charge on any atom is -0.506 e. The van der Waals surface area contributed by atoms with E-state index in [0.717, 1.165) is 12.8 Å². The van der Waals surface area contributed by atoms with Gasteiger partial charge in [0.15, 0.2) is 12.4 Å². The molecule has 2 aromatic carbocycles. The molecular weight excluding hydrogens is 476 g/mol. The molecule has 13 heteroatoms. The number of sulfonamides is 1. The van der Waals surface area contributed by atoms with E-state index in [9.17, 15) is 23.1 Å². The molecule has 0 spiro atoms. The van der Waals surface area contributed by atoms with E-state index in [-0.39, 0.29) is 33.4 Å². The molecule has 1 saturated carbocycles. The van der Waals surface area contributed by atoms with Gasteiger partial charge >= 0.3 is 0 Å². The van der Waals surface area contributed by atoms with E-state index in [1.54, 1.807) is 24.3 Å². The Morgan fingerprint density at radius 2 is 2.00 bits per heavy atom. The second-order valence-electron chi connectivity index (χ2n) is 8.34. The van der Waals surface area contributed by atoms with Crippen molar-refractivity contribution in [3.63, 3.8) is 0 Å². The van der Waals surface area contributed by atoms with Crippen molar-refractivity contribution in [1.29, 1.82) is 0 Å². The van der Waals surface area contributed by atoms with Crippen LogP contribution in [-0.4, -0.2) is 43.1 Å². The Morgan fingerprint density at radius 1 is 1.26 bits per heavy atom. The Kier molecular flexibility index (Phi) is 5.28. The van der Waals surface area contributed by atoms with E-state index < -0.39 is 33.8 Å². The minimum atomic E-state index is -4.42. The van der Waals surface area contributed by atoms with Gasteiger partial charge in [0.25, 0.3) is 21.5 Å². The van der Waals surface area contributed by atoms with Crippen LogP contribution in [-0.2, 0) is 14.8 Å². The number of anilines is 2. The number of amidine groups is 1. The van der Waals surface area contributed by atoms with Crippen LogP contribution in [0.4, 0.5) is 11.4 Å². The topological polar surface area (TPSA) is 191 Å². The van der Waals surface area contributed by atoms with Crippen molar-refractivity contribution in [3.05, 3.63) is 52.3 Å². The fourth-order valence-electron chi connectivity index (χ4n) is 3.90. The number of pyridine rings is 1. The molecule has 2 aliphatic rings. The highest BCUT2D eigenvalue weighted by Gasteiger charge is 2.33. The van der Waals surface area contributed by atoms with E-state index in [4.69, 9.17) is 16.2 Å². The molecule has 12 nitrogen and oxygen atoms in total. The van der Waals surface area contributed by atoms with Crippen LogP contribution in [0.15, 0.2) is 50.5 Å². The van der Waals surface area contributed by atoms with Crippen molar-refractivity contribution in [2.24, 2.45) is 16.0 Å². The maximum Gasteiger partial charge on any atom is 0.288 e. The van der Waals surface area contributed by atoms with Gasteiger partial charge in [-0.05, 0) is 43.0 Å². The lowest BCUT2D eigenvalue weighted by molar-refractivity contribution is -0.119. The molecule has 2 heterocycles. The van der Waals surface area contributed by atoms with Gasteiger partial charge in [-0.3, -0.25) is 9.59 Å². The molecule has 182 valence electrons. The van der Waals surface area contributed by atoms with Crippen molar-refractivity contribution < 1.29 is 23.1 Å². The highest BCUT2D eigenvalue weighted by molar-refractivity contribution is 7.90.